The quantitative estimate of drug-likeness (QED) is 0.327. The molecule has 0 spiro atoms. The van der Waals surface area contributed by atoms with Crippen molar-refractivity contribution < 1.29 is 9.59 Å². The number of nitrogens with one attached hydrogen (secondary N) is 1. The lowest BCUT2D eigenvalue weighted by Crippen LogP contribution is -2.51. The Labute approximate surface area is 218 Å². The lowest BCUT2D eigenvalue weighted by Gasteiger charge is -2.32. The number of halogens is 2. The van der Waals surface area contributed by atoms with E-state index in [-0.39, 0.29) is 30.7 Å². The summed E-state index contributed by atoms with van der Waals surface area (Å²) in [6.07, 6.45) is 1.25. The summed E-state index contributed by atoms with van der Waals surface area (Å²) in [5.41, 5.74) is 2.68. The molecule has 0 saturated heterocycles. The maximum absolute atomic E-state index is 13.7. The first-order valence-electron chi connectivity index (χ1n) is 11.9. The van der Waals surface area contributed by atoms with Gasteiger partial charge < -0.3 is 10.2 Å². The Hall–Kier alpha value is -2.82. The standard InChI is InChI=1S/C29H32Cl2N2O2/c1-21(2)19-32-29(35)27(18-23-12-7-4-8-13-23)33(20-24-25(30)14-9-15-26(24)31)28(34)17-16-22-10-5-3-6-11-22/h3-15,21,27H,16-20H2,1-2H3,(H,32,35)/t27-/m1/s1. The lowest BCUT2D eigenvalue weighted by molar-refractivity contribution is -0.141. The van der Waals surface area contributed by atoms with Crippen molar-refractivity contribution in [3.8, 4) is 0 Å². The van der Waals surface area contributed by atoms with Crippen molar-refractivity contribution in [1.29, 1.82) is 0 Å². The molecule has 0 fully saturated rings. The molecule has 0 radical (unpaired) electrons. The summed E-state index contributed by atoms with van der Waals surface area (Å²) in [5, 5.41) is 3.97. The Morgan fingerprint density at radius 3 is 1.97 bits per heavy atom. The molecule has 184 valence electrons. The second-order valence-electron chi connectivity index (χ2n) is 9.05. The summed E-state index contributed by atoms with van der Waals surface area (Å²) in [6.45, 7) is 4.76. The van der Waals surface area contributed by atoms with Crippen molar-refractivity contribution in [3.63, 3.8) is 0 Å². The Morgan fingerprint density at radius 2 is 1.40 bits per heavy atom. The van der Waals surface area contributed by atoms with Crippen LogP contribution in [0.3, 0.4) is 0 Å². The zero-order valence-corrected chi connectivity index (χ0v) is 21.7. The van der Waals surface area contributed by atoms with E-state index in [2.05, 4.69) is 5.32 Å². The normalized spacial score (nSPS) is 11.8. The molecular formula is C29H32Cl2N2O2. The number of hydrogen-bond donors (Lipinski definition) is 1. The zero-order valence-electron chi connectivity index (χ0n) is 20.2. The molecule has 0 aliphatic rings. The van der Waals surface area contributed by atoms with E-state index in [0.717, 1.165) is 11.1 Å². The van der Waals surface area contributed by atoms with Crippen molar-refractivity contribution in [2.24, 2.45) is 5.92 Å². The summed E-state index contributed by atoms with van der Waals surface area (Å²) in [5.74, 6) is -0.0131. The average molecular weight is 511 g/mol. The third kappa shape index (κ3) is 8.12. The van der Waals surface area contributed by atoms with Crippen molar-refractivity contribution in [1.82, 2.24) is 10.2 Å². The fourth-order valence-corrected chi connectivity index (χ4v) is 4.39. The lowest BCUT2D eigenvalue weighted by atomic mass is 10.0. The van der Waals surface area contributed by atoms with Crippen LogP contribution in [0.5, 0.6) is 0 Å². The van der Waals surface area contributed by atoms with E-state index in [1.807, 2.05) is 74.5 Å². The van der Waals surface area contributed by atoms with E-state index in [0.29, 0.717) is 35.0 Å². The number of carbonyl (C=O) groups excluding carboxylic acids is 2. The monoisotopic (exact) mass is 510 g/mol. The molecule has 0 aromatic heterocycles. The summed E-state index contributed by atoms with van der Waals surface area (Å²) in [6, 6.07) is 24.2. The minimum Gasteiger partial charge on any atom is -0.354 e. The first-order chi connectivity index (χ1) is 16.8. The molecule has 0 aliphatic heterocycles. The van der Waals surface area contributed by atoms with Crippen LogP contribution >= 0.6 is 23.2 Å². The Bertz CT molecular complexity index is 1080. The summed E-state index contributed by atoms with van der Waals surface area (Å²) in [7, 11) is 0. The van der Waals surface area contributed by atoms with Crippen LogP contribution in [0.1, 0.15) is 37.0 Å². The van der Waals surface area contributed by atoms with Crippen molar-refractivity contribution in [3.05, 3.63) is 106 Å². The number of nitrogens with zero attached hydrogens (tertiary/aromatic N) is 1. The Morgan fingerprint density at radius 1 is 0.829 bits per heavy atom. The van der Waals surface area contributed by atoms with Gasteiger partial charge in [0.05, 0.1) is 0 Å². The molecule has 0 heterocycles. The van der Waals surface area contributed by atoms with Crippen LogP contribution in [0.4, 0.5) is 0 Å². The largest absolute Gasteiger partial charge is 0.354 e. The number of carbonyl (C=O) groups is 2. The highest BCUT2D eigenvalue weighted by Crippen LogP contribution is 2.27. The van der Waals surface area contributed by atoms with E-state index in [1.165, 1.54) is 0 Å². The van der Waals surface area contributed by atoms with Crippen LogP contribution in [-0.2, 0) is 29.0 Å². The first kappa shape index (κ1) is 26.8. The van der Waals surface area contributed by atoms with E-state index in [4.69, 9.17) is 23.2 Å². The van der Waals surface area contributed by atoms with Crippen molar-refractivity contribution in [2.75, 3.05) is 6.54 Å². The average Bonchev–Trinajstić information content (AvgIpc) is 2.86. The fraction of sp³-hybridized carbons (Fsp3) is 0.310. The van der Waals surface area contributed by atoms with Crippen LogP contribution in [0.2, 0.25) is 10.0 Å². The number of hydrogen-bond acceptors (Lipinski definition) is 2. The molecule has 3 aromatic carbocycles. The third-order valence-corrected chi connectivity index (χ3v) is 6.52. The van der Waals surface area contributed by atoms with E-state index in [1.54, 1.807) is 23.1 Å². The molecule has 1 N–H and O–H groups in total. The predicted molar refractivity (Wildman–Crippen MR) is 144 cm³/mol. The maximum Gasteiger partial charge on any atom is 0.243 e. The highest BCUT2D eigenvalue weighted by molar-refractivity contribution is 6.36. The molecule has 3 rings (SSSR count). The Kier molecular flexibility index (Phi) is 10.2. The molecular weight excluding hydrogens is 479 g/mol. The summed E-state index contributed by atoms with van der Waals surface area (Å²) in [4.78, 5) is 28.8. The summed E-state index contributed by atoms with van der Waals surface area (Å²) >= 11 is 13.0. The van der Waals surface area contributed by atoms with Crippen molar-refractivity contribution in [2.45, 2.75) is 45.7 Å². The maximum atomic E-state index is 13.7. The van der Waals surface area contributed by atoms with Gasteiger partial charge in [0.1, 0.15) is 6.04 Å². The molecule has 0 saturated carbocycles. The molecule has 0 bridgehead atoms. The third-order valence-electron chi connectivity index (χ3n) is 5.82. The second kappa shape index (κ2) is 13.3. The van der Waals surface area contributed by atoms with Gasteiger partial charge in [0.25, 0.3) is 0 Å². The van der Waals surface area contributed by atoms with Crippen LogP contribution in [0, 0.1) is 5.92 Å². The van der Waals surface area contributed by atoms with E-state index in [9.17, 15) is 9.59 Å². The van der Waals surface area contributed by atoms with Gasteiger partial charge in [0.2, 0.25) is 11.8 Å². The van der Waals surface area contributed by atoms with Crippen LogP contribution < -0.4 is 5.32 Å². The molecule has 4 nitrogen and oxygen atoms in total. The van der Waals surface area contributed by atoms with Gasteiger partial charge in [-0.1, -0.05) is 104 Å². The van der Waals surface area contributed by atoms with Crippen molar-refractivity contribution >= 4 is 35.0 Å². The van der Waals surface area contributed by atoms with Gasteiger partial charge in [0, 0.05) is 41.5 Å². The number of aryl methyl sites for hydroxylation is 1. The molecule has 0 unspecified atom stereocenters. The minimum atomic E-state index is -0.702. The van der Waals surface area contributed by atoms with Gasteiger partial charge in [-0.25, -0.2) is 0 Å². The molecule has 0 aliphatic carbocycles. The fourth-order valence-electron chi connectivity index (χ4n) is 3.87. The van der Waals surface area contributed by atoms with Gasteiger partial charge in [-0.15, -0.1) is 0 Å². The van der Waals surface area contributed by atoms with Gasteiger partial charge in [-0.05, 0) is 35.6 Å². The smallest absolute Gasteiger partial charge is 0.243 e. The van der Waals surface area contributed by atoms with Crippen LogP contribution in [0.15, 0.2) is 78.9 Å². The van der Waals surface area contributed by atoms with Crippen LogP contribution in [-0.4, -0.2) is 29.3 Å². The topological polar surface area (TPSA) is 49.4 Å². The highest BCUT2D eigenvalue weighted by Gasteiger charge is 2.31. The molecule has 35 heavy (non-hydrogen) atoms. The molecule has 1 atom stereocenters. The predicted octanol–water partition coefficient (Wildman–Crippen LogP) is 6.34. The Balaban J connectivity index is 1.94. The van der Waals surface area contributed by atoms with Crippen LogP contribution in [0.25, 0.3) is 0 Å². The van der Waals surface area contributed by atoms with Gasteiger partial charge in [0.15, 0.2) is 0 Å². The van der Waals surface area contributed by atoms with Gasteiger partial charge >= 0.3 is 0 Å². The molecule has 6 heteroatoms. The highest BCUT2D eigenvalue weighted by atomic mass is 35.5. The second-order valence-corrected chi connectivity index (χ2v) is 9.87. The number of rotatable bonds is 11. The van der Waals surface area contributed by atoms with E-state index < -0.39 is 6.04 Å². The SMILES string of the molecule is CC(C)CNC(=O)[C@@H](Cc1ccccc1)N(Cc1c(Cl)cccc1Cl)C(=O)CCc1ccccc1. The van der Waals surface area contributed by atoms with Gasteiger partial charge in [-0.2, -0.15) is 0 Å². The number of benzene rings is 3. The zero-order chi connectivity index (χ0) is 25.2. The molecule has 3 aromatic rings. The van der Waals surface area contributed by atoms with Gasteiger partial charge in [-0.3, -0.25) is 9.59 Å². The first-order valence-corrected chi connectivity index (χ1v) is 12.7. The van der Waals surface area contributed by atoms with E-state index >= 15 is 0 Å². The number of amides is 2. The minimum absolute atomic E-state index is 0.120. The summed E-state index contributed by atoms with van der Waals surface area (Å²) < 4.78 is 0. The molecule has 2 amide bonds.